The number of nitrogens with one attached hydrogen (secondary N) is 1. The molecule has 0 aliphatic heterocycles. The summed E-state index contributed by atoms with van der Waals surface area (Å²) in [5.41, 5.74) is 6.47. The van der Waals surface area contributed by atoms with E-state index in [1.807, 2.05) is 0 Å². The molecule has 0 unspecified atom stereocenters. The van der Waals surface area contributed by atoms with Crippen molar-refractivity contribution in [2.24, 2.45) is 11.7 Å². The van der Waals surface area contributed by atoms with Gasteiger partial charge in [0.25, 0.3) is 0 Å². The summed E-state index contributed by atoms with van der Waals surface area (Å²) in [6.07, 6.45) is 3.35. The van der Waals surface area contributed by atoms with Crippen LogP contribution < -0.4 is 10.6 Å². The zero-order valence-corrected chi connectivity index (χ0v) is 11.6. The number of nitrogens with two attached hydrogens (primary N) is 1. The molecular formula is C15H22FN3. The van der Waals surface area contributed by atoms with Crippen LogP contribution in [-0.2, 0) is 0 Å². The van der Waals surface area contributed by atoms with Crippen molar-refractivity contribution < 1.29 is 4.39 Å². The summed E-state index contributed by atoms with van der Waals surface area (Å²) in [5.74, 6) is 0.245. The van der Waals surface area contributed by atoms with Crippen LogP contribution in [0.15, 0.2) is 18.2 Å². The van der Waals surface area contributed by atoms with E-state index >= 15 is 0 Å². The average Bonchev–Trinajstić information content (AvgIpc) is 3.14. The minimum absolute atomic E-state index is 0.0920. The van der Waals surface area contributed by atoms with E-state index in [1.54, 1.807) is 12.1 Å². The minimum atomic E-state index is -0.275. The predicted octanol–water partition coefficient (Wildman–Crippen LogP) is 3.12. The van der Waals surface area contributed by atoms with Crippen LogP contribution in [0.1, 0.15) is 38.7 Å². The molecule has 1 saturated carbocycles. The molecule has 0 saturated heterocycles. The molecule has 3 nitrogen and oxygen atoms in total. The van der Waals surface area contributed by atoms with Gasteiger partial charge in [0.1, 0.15) is 11.7 Å². The number of hydrogen-bond donors (Lipinski definition) is 2. The van der Waals surface area contributed by atoms with Gasteiger partial charge in [-0.25, -0.2) is 4.39 Å². The van der Waals surface area contributed by atoms with E-state index < -0.39 is 0 Å². The fourth-order valence-electron chi connectivity index (χ4n) is 2.19. The van der Waals surface area contributed by atoms with E-state index in [0.717, 1.165) is 25.8 Å². The lowest BCUT2D eigenvalue weighted by atomic mass is 10.1. The van der Waals surface area contributed by atoms with Crippen LogP contribution in [0.5, 0.6) is 0 Å². The van der Waals surface area contributed by atoms with Gasteiger partial charge in [0.05, 0.1) is 5.69 Å². The number of hydrogen-bond acceptors (Lipinski definition) is 2. The molecule has 0 radical (unpaired) electrons. The number of rotatable bonds is 6. The molecule has 2 rings (SSSR count). The van der Waals surface area contributed by atoms with E-state index in [9.17, 15) is 4.39 Å². The molecule has 0 bridgehead atoms. The first-order valence-electron chi connectivity index (χ1n) is 6.89. The topological polar surface area (TPSA) is 53.1 Å². The summed E-state index contributed by atoms with van der Waals surface area (Å²) in [6, 6.07) is 5.33. The van der Waals surface area contributed by atoms with E-state index in [4.69, 9.17) is 11.1 Å². The van der Waals surface area contributed by atoms with Gasteiger partial charge in [-0.2, -0.15) is 0 Å². The molecule has 0 spiro atoms. The maximum absolute atomic E-state index is 14.2. The number of anilines is 1. The van der Waals surface area contributed by atoms with Crippen molar-refractivity contribution in [3.05, 3.63) is 29.6 Å². The van der Waals surface area contributed by atoms with Gasteiger partial charge < -0.3 is 10.6 Å². The van der Waals surface area contributed by atoms with Crippen LogP contribution in [0.4, 0.5) is 10.1 Å². The first-order chi connectivity index (χ1) is 8.99. The van der Waals surface area contributed by atoms with Gasteiger partial charge in [-0.15, -0.1) is 0 Å². The van der Waals surface area contributed by atoms with Crippen LogP contribution in [0.25, 0.3) is 0 Å². The van der Waals surface area contributed by atoms with E-state index in [-0.39, 0.29) is 11.7 Å². The van der Waals surface area contributed by atoms with Gasteiger partial charge in [-0.05, 0) is 43.4 Å². The number of nitrogen functional groups attached to an aromatic ring is 1. The highest BCUT2D eigenvalue weighted by Crippen LogP contribution is 2.33. The highest BCUT2D eigenvalue weighted by Gasteiger charge is 2.30. The Hall–Kier alpha value is -1.58. The molecule has 1 aromatic rings. The highest BCUT2D eigenvalue weighted by atomic mass is 19.1. The molecule has 1 aliphatic rings. The summed E-state index contributed by atoms with van der Waals surface area (Å²) < 4.78 is 14.2. The Morgan fingerprint density at radius 1 is 1.47 bits per heavy atom. The first kappa shape index (κ1) is 13.8. The van der Waals surface area contributed by atoms with Crippen LogP contribution >= 0.6 is 0 Å². The number of amidine groups is 1. The molecule has 1 aliphatic carbocycles. The molecule has 3 N–H and O–H groups in total. The number of halogens is 1. The SMILES string of the molecule is CC(C)CCN(c1ccc(C(=N)N)cc1F)C1CC1. The van der Waals surface area contributed by atoms with Gasteiger partial charge in [-0.1, -0.05) is 13.8 Å². The summed E-state index contributed by atoms with van der Waals surface area (Å²) in [6.45, 7) is 5.25. The summed E-state index contributed by atoms with van der Waals surface area (Å²) >= 11 is 0. The molecule has 104 valence electrons. The Balaban J connectivity index is 2.19. The Bertz CT molecular complexity index is 466. The largest absolute Gasteiger partial charge is 0.384 e. The van der Waals surface area contributed by atoms with Gasteiger partial charge in [0.15, 0.2) is 0 Å². The van der Waals surface area contributed by atoms with Crippen molar-refractivity contribution in [2.75, 3.05) is 11.4 Å². The van der Waals surface area contributed by atoms with Crippen molar-refractivity contribution >= 4 is 11.5 Å². The molecule has 0 atom stereocenters. The number of benzene rings is 1. The Kier molecular flexibility index (Phi) is 4.08. The Labute approximate surface area is 114 Å². The quantitative estimate of drug-likeness (QED) is 0.612. The predicted molar refractivity (Wildman–Crippen MR) is 77.2 cm³/mol. The van der Waals surface area contributed by atoms with Crippen LogP contribution in [0, 0.1) is 17.1 Å². The fourth-order valence-corrected chi connectivity index (χ4v) is 2.19. The first-order valence-corrected chi connectivity index (χ1v) is 6.89. The van der Waals surface area contributed by atoms with Crippen LogP contribution in [0.2, 0.25) is 0 Å². The zero-order chi connectivity index (χ0) is 14.0. The van der Waals surface area contributed by atoms with Gasteiger partial charge in [0, 0.05) is 18.2 Å². The van der Waals surface area contributed by atoms with Crippen LogP contribution in [-0.4, -0.2) is 18.4 Å². The molecular weight excluding hydrogens is 241 g/mol. The second-order valence-corrected chi connectivity index (χ2v) is 5.69. The summed E-state index contributed by atoms with van der Waals surface area (Å²) in [4.78, 5) is 2.17. The monoisotopic (exact) mass is 263 g/mol. The maximum Gasteiger partial charge on any atom is 0.147 e. The van der Waals surface area contributed by atoms with E-state index in [0.29, 0.717) is 23.2 Å². The third-order valence-electron chi connectivity index (χ3n) is 3.50. The lowest BCUT2D eigenvalue weighted by Gasteiger charge is -2.26. The molecule has 1 fully saturated rings. The maximum atomic E-state index is 14.2. The van der Waals surface area contributed by atoms with Gasteiger partial charge in [0.2, 0.25) is 0 Å². The molecule has 19 heavy (non-hydrogen) atoms. The molecule has 0 heterocycles. The van der Waals surface area contributed by atoms with Crippen molar-refractivity contribution in [1.82, 2.24) is 0 Å². The lowest BCUT2D eigenvalue weighted by Crippen LogP contribution is -2.28. The summed E-state index contributed by atoms with van der Waals surface area (Å²) in [5, 5.41) is 7.34. The fraction of sp³-hybridized carbons (Fsp3) is 0.533. The standard InChI is InChI=1S/C15H22FN3/c1-10(2)7-8-19(12-4-5-12)14-6-3-11(15(17)18)9-13(14)16/h3,6,9-10,12H,4-5,7-8H2,1-2H3,(H3,17,18). The smallest absolute Gasteiger partial charge is 0.147 e. The molecule has 1 aromatic carbocycles. The molecule has 0 aromatic heterocycles. The lowest BCUT2D eigenvalue weighted by molar-refractivity contribution is 0.559. The van der Waals surface area contributed by atoms with Crippen molar-refractivity contribution in [3.8, 4) is 0 Å². The third kappa shape index (κ3) is 3.46. The second-order valence-electron chi connectivity index (χ2n) is 5.69. The Morgan fingerprint density at radius 3 is 2.63 bits per heavy atom. The third-order valence-corrected chi connectivity index (χ3v) is 3.50. The zero-order valence-electron chi connectivity index (χ0n) is 11.6. The van der Waals surface area contributed by atoms with Gasteiger partial charge in [-0.3, -0.25) is 5.41 Å². The van der Waals surface area contributed by atoms with Gasteiger partial charge >= 0.3 is 0 Å². The molecule has 0 amide bonds. The van der Waals surface area contributed by atoms with E-state index in [2.05, 4.69) is 18.7 Å². The van der Waals surface area contributed by atoms with Crippen molar-refractivity contribution in [2.45, 2.75) is 39.2 Å². The second kappa shape index (κ2) is 5.59. The summed E-state index contributed by atoms with van der Waals surface area (Å²) in [7, 11) is 0. The highest BCUT2D eigenvalue weighted by molar-refractivity contribution is 5.95. The van der Waals surface area contributed by atoms with Crippen molar-refractivity contribution in [1.29, 1.82) is 5.41 Å². The normalized spacial score (nSPS) is 14.7. The van der Waals surface area contributed by atoms with E-state index in [1.165, 1.54) is 6.07 Å². The molecule has 4 heteroatoms. The average molecular weight is 263 g/mol. The van der Waals surface area contributed by atoms with Crippen LogP contribution in [0.3, 0.4) is 0 Å². The minimum Gasteiger partial charge on any atom is -0.384 e. The Morgan fingerprint density at radius 2 is 2.16 bits per heavy atom. The van der Waals surface area contributed by atoms with Crippen molar-refractivity contribution in [3.63, 3.8) is 0 Å². The number of nitrogens with zero attached hydrogens (tertiary/aromatic N) is 1.